The lowest BCUT2D eigenvalue weighted by molar-refractivity contribution is -0.213. The fourth-order valence-corrected chi connectivity index (χ4v) is 5.06. The number of hydrogen-bond donors (Lipinski definition) is 3. The Morgan fingerprint density at radius 2 is 2.05 bits per heavy atom. The lowest BCUT2D eigenvalue weighted by Crippen LogP contribution is -2.66. The Balaban J connectivity index is 2.11. The SMILES string of the molecule is CC(C)[C@]1(O)[C@@H]2OC(=O)[C@H]1[C@@H]1CC[C@@H](CO)[C@]1(C)[C@@H]2O. The first-order chi connectivity index (χ1) is 9.29. The number of fused-ring (bicyclic) bond motifs is 4. The van der Waals surface area contributed by atoms with E-state index >= 15 is 0 Å². The number of hydrogen-bond acceptors (Lipinski definition) is 5. The normalized spacial score (nSPS) is 54.1. The fraction of sp³-hybridized carbons (Fsp3) is 0.933. The Bertz CT molecular complexity index is 436. The van der Waals surface area contributed by atoms with Gasteiger partial charge in [0.25, 0.3) is 0 Å². The molecule has 2 saturated carbocycles. The van der Waals surface area contributed by atoms with Gasteiger partial charge in [0, 0.05) is 12.0 Å². The summed E-state index contributed by atoms with van der Waals surface area (Å²) in [5.74, 6) is -1.32. The molecule has 0 aromatic rings. The zero-order valence-corrected chi connectivity index (χ0v) is 12.2. The van der Waals surface area contributed by atoms with Crippen molar-refractivity contribution in [3.63, 3.8) is 0 Å². The Kier molecular flexibility index (Phi) is 2.99. The summed E-state index contributed by atoms with van der Waals surface area (Å²) >= 11 is 0. The topological polar surface area (TPSA) is 87.0 Å². The number of esters is 1. The number of rotatable bonds is 2. The van der Waals surface area contributed by atoms with E-state index in [1.165, 1.54) is 0 Å². The van der Waals surface area contributed by atoms with Crippen LogP contribution < -0.4 is 0 Å². The van der Waals surface area contributed by atoms with Gasteiger partial charge in [-0.05, 0) is 30.6 Å². The van der Waals surface area contributed by atoms with E-state index < -0.39 is 35.1 Å². The average molecular weight is 284 g/mol. The van der Waals surface area contributed by atoms with Crippen LogP contribution in [0.1, 0.15) is 33.6 Å². The predicted molar refractivity (Wildman–Crippen MR) is 70.6 cm³/mol. The van der Waals surface area contributed by atoms with Crippen LogP contribution in [0.5, 0.6) is 0 Å². The number of aliphatic hydroxyl groups excluding tert-OH is 2. The Labute approximate surface area is 118 Å². The minimum Gasteiger partial charge on any atom is -0.456 e. The summed E-state index contributed by atoms with van der Waals surface area (Å²) in [5.41, 5.74) is -1.86. The zero-order valence-electron chi connectivity index (χ0n) is 12.2. The largest absolute Gasteiger partial charge is 0.456 e. The number of carbonyl (C=O) groups excluding carboxylic acids is 1. The summed E-state index contributed by atoms with van der Waals surface area (Å²) in [7, 11) is 0. The van der Waals surface area contributed by atoms with E-state index in [0.29, 0.717) is 0 Å². The highest BCUT2D eigenvalue weighted by Crippen LogP contribution is 2.64. The molecule has 2 aliphatic carbocycles. The third-order valence-electron chi connectivity index (χ3n) is 6.43. The van der Waals surface area contributed by atoms with Gasteiger partial charge in [-0.15, -0.1) is 0 Å². The van der Waals surface area contributed by atoms with Crippen molar-refractivity contribution in [1.29, 1.82) is 0 Å². The smallest absolute Gasteiger partial charge is 0.312 e. The molecule has 7 atom stereocenters. The minimum atomic E-state index is -1.30. The van der Waals surface area contributed by atoms with E-state index in [2.05, 4.69) is 0 Å². The first-order valence-electron chi connectivity index (χ1n) is 7.51. The molecule has 0 aromatic carbocycles. The number of aliphatic hydroxyl groups is 3. The molecule has 0 spiro atoms. The molecule has 0 unspecified atom stereocenters. The molecule has 3 aliphatic rings. The van der Waals surface area contributed by atoms with Crippen molar-refractivity contribution in [2.45, 2.75) is 51.4 Å². The molecule has 114 valence electrons. The van der Waals surface area contributed by atoms with E-state index in [4.69, 9.17) is 4.74 Å². The molecule has 3 fully saturated rings. The van der Waals surface area contributed by atoms with E-state index in [1.807, 2.05) is 20.8 Å². The zero-order chi connectivity index (χ0) is 14.9. The van der Waals surface area contributed by atoms with Gasteiger partial charge in [0.2, 0.25) is 0 Å². The quantitative estimate of drug-likeness (QED) is 0.636. The number of ether oxygens (including phenoxy) is 1. The molecule has 0 aromatic heterocycles. The van der Waals surface area contributed by atoms with Crippen LogP contribution in [-0.4, -0.2) is 45.7 Å². The summed E-state index contributed by atoms with van der Waals surface area (Å²) in [4.78, 5) is 12.2. The van der Waals surface area contributed by atoms with Crippen molar-refractivity contribution in [2.75, 3.05) is 6.61 Å². The summed E-state index contributed by atoms with van der Waals surface area (Å²) in [6, 6.07) is 0. The molecular weight excluding hydrogens is 260 g/mol. The summed E-state index contributed by atoms with van der Waals surface area (Å²) in [5, 5.41) is 31.4. The lowest BCUT2D eigenvalue weighted by atomic mass is 9.53. The maximum absolute atomic E-state index is 12.2. The van der Waals surface area contributed by atoms with E-state index in [-0.39, 0.29) is 24.4 Å². The molecule has 0 radical (unpaired) electrons. The van der Waals surface area contributed by atoms with Gasteiger partial charge in [-0.25, -0.2) is 0 Å². The van der Waals surface area contributed by atoms with Crippen molar-refractivity contribution in [3.8, 4) is 0 Å². The van der Waals surface area contributed by atoms with Crippen LogP contribution >= 0.6 is 0 Å². The molecule has 1 heterocycles. The van der Waals surface area contributed by atoms with Gasteiger partial charge in [0.05, 0.1) is 12.0 Å². The van der Waals surface area contributed by atoms with Gasteiger partial charge < -0.3 is 20.1 Å². The highest BCUT2D eigenvalue weighted by molar-refractivity contribution is 5.78. The van der Waals surface area contributed by atoms with Crippen molar-refractivity contribution >= 4 is 5.97 Å². The van der Waals surface area contributed by atoms with Crippen LogP contribution in [0.25, 0.3) is 0 Å². The van der Waals surface area contributed by atoms with Crippen LogP contribution in [0.2, 0.25) is 0 Å². The second-order valence-corrected chi connectivity index (χ2v) is 7.25. The van der Waals surface area contributed by atoms with Crippen molar-refractivity contribution < 1.29 is 24.9 Å². The predicted octanol–water partition coefficient (Wildman–Crippen LogP) is 0.314. The standard InChI is InChI=1S/C15H24O5/c1-7(2)15(19)10-9-5-4-8(6-16)14(9,3)11(17)12(15)20-13(10)18/h7-12,16-17,19H,4-6H2,1-3H3/t8-,9-,10+,11+,12+,14-,15+/m0/s1. The molecule has 0 amide bonds. The average Bonchev–Trinajstić information content (AvgIpc) is 2.82. The van der Waals surface area contributed by atoms with Crippen molar-refractivity contribution in [3.05, 3.63) is 0 Å². The Morgan fingerprint density at radius 3 is 2.60 bits per heavy atom. The summed E-state index contributed by atoms with van der Waals surface area (Å²) in [6.07, 6.45) is -0.296. The molecule has 3 N–H and O–H groups in total. The molecule has 5 nitrogen and oxygen atoms in total. The van der Waals surface area contributed by atoms with Crippen molar-refractivity contribution in [1.82, 2.24) is 0 Å². The summed E-state index contributed by atoms with van der Waals surface area (Å²) in [6.45, 7) is 5.64. The Morgan fingerprint density at radius 1 is 1.40 bits per heavy atom. The molecule has 1 aliphatic heterocycles. The highest BCUT2D eigenvalue weighted by Gasteiger charge is 2.74. The van der Waals surface area contributed by atoms with Crippen LogP contribution in [0.3, 0.4) is 0 Å². The van der Waals surface area contributed by atoms with Gasteiger partial charge >= 0.3 is 5.97 Å². The fourth-order valence-electron chi connectivity index (χ4n) is 5.06. The van der Waals surface area contributed by atoms with Gasteiger partial charge in [-0.1, -0.05) is 20.8 Å². The van der Waals surface area contributed by atoms with E-state index in [9.17, 15) is 20.1 Å². The van der Waals surface area contributed by atoms with Crippen LogP contribution in [0.15, 0.2) is 0 Å². The van der Waals surface area contributed by atoms with Gasteiger partial charge in [0.15, 0.2) is 6.10 Å². The number of carbonyl (C=O) groups is 1. The van der Waals surface area contributed by atoms with Crippen LogP contribution in [0, 0.1) is 29.1 Å². The van der Waals surface area contributed by atoms with Gasteiger partial charge in [-0.3, -0.25) is 4.79 Å². The second-order valence-electron chi connectivity index (χ2n) is 7.25. The van der Waals surface area contributed by atoms with Crippen LogP contribution in [0.4, 0.5) is 0 Å². The van der Waals surface area contributed by atoms with E-state index in [1.54, 1.807) is 0 Å². The van der Waals surface area contributed by atoms with Crippen molar-refractivity contribution in [2.24, 2.45) is 29.1 Å². The van der Waals surface area contributed by atoms with Gasteiger partial charge in [-0.2, -0.15) is 0 Å². The lowest BCUT2D eigenvalue weighted by Gasteiger charge is -2.53. The molecule has 3 rings (SSSR count). The molecule has 2 bridgehead atoms. The maximum atomic E-state index is 12.2. The second kappa shape index (κ2) is 4.18. The molecule has 5 heteroatoms. The minimum absolute atomic E-state index is 0.00218. The van der Waals surface area contributed by atoms with Gasteiger partial charge in [0.1, 0.15) is 5.60 Å². The first kappa shape index (κ1) is 14.3. The third-order valence-corrected chi connectivity index (χ3v) is 6.43. The Hall–Kier alpha value is -0.650. The first-order valence-corrected chi connectivity index (χ1v) is 7.51. The summed E-state index contributed by atoms with van der Waals surface area (Å²) < 4.78 is 5.35. The monoisotopic (exact) mass is 284 g/mol. The molecule has 20 heavy (non-hydrogen) atoms. The maximum Gasteiger partial charge on any atom is 0.312 e. The van der Waals surface area contributed by atoms with E-state index in [0.717, 1.165) is 12.8 Å². The molecule has 1 saturated heterocycles. The van der Waals surface area contributed by atoms with Crippen LogP contribution in [-0.2, 0) is 9.53 Å². The third kappa shape index (κ3) is 1.36. The molecular formula is C15H24O5. The highest BCUT2D eigenvalue weighted by atomic mass is 16.6.